The molecule has 0 radical (unpaired) electrons. The summed E-state index contributed by atoms with van der Waals surface area (Å²) in [5.41, 5.74) is 1.18. The van der Waals surface area contributed by atoms with Gasteiger partial charge in [-0.3, -0.25) is 9.47 Å². The molecule has 132 valence electrons. The molecule has 1 saturated heterocycles. The highest BCUT2D eigenvalue weighted by atomic mass is 35.5. The second-order valence-corrected chi connectivity index (χ2v) is 8.52. The molecule has 1 aromatic carbocycles. The number of likely N-dealkylation sites (tertiary alicyclic amines) is 1. The molecule has 1 N–H and O–H groups in total. The van der Waals surface area contributed by atoms with Crippen molar-refractivity contribution >= 4 is 32.7 Å². The number of aromatic nitrogens is 1. The maximum Gasteiger partial charge on any atom is 0.421 e. The van der Waals surface area contributed by atoms with Gasteiger partial charge in [0.05, 0.1) is 18.4 Å². The van der Waals surface area contributed by atoms with Crippen molar-refractivity contribution in [2.24, 2.45) is 5.92 Å². The fourth-order valence-corrected chi connectivity index (χ4v) is 3.79. The highest BCUT2D eigenvalue weighted by molar-refractivity contribution is 7.88. The van der Waals surface area contributed by atoms with Crippen molar-refractivity contribution in [2.45, 2.75) is 19.5 Å². The number of hydrogen-bond donors (Lipinski definition) is 1. The summed E-state index contributed by atoms with van der Waals surface area (Å²) in [7, 11) is -3.18. The van der Waals surface area contributed by atoms with E-state index in [9.17, 15) is 13.2 Å². The molecule has 0 saturated carbocycles. The van der Waals surface area contributed by atoms with Gasteiger partial charge in [-0.2, -0.15) is 0 Å². The lowest BCUT2D eigenvalue weighted by molar-refractivity contribution is 0.138. The Kier molecular flexibility index (Phi) is 5.00. The number of hydrogen-bond acceptors (Lipinski definition) is 5. The van der Waals surface area contributed by atoms with Crippen LogP contribution in [0.5, 0.6) is 0 Å². The molecule has 1 fully saturated rings. The first-order valence-electron chi connectivity index (χ1n) is 7.78. The molecule has 1 aromatic heterocycles. The van der Waals surface area contributed by atoms with Crippen molar-refractivity contribution in [2.75, 3.05) is 25.9 Å². The molecular weight excluding hydrogens is 354 g/mol. The van der Waals surface area contributed by atoms with Crippen molar-refractivity contribution in [1.29, 1.82) is 0 Å². The van der Waals surface area contributed by atoms with Gasteiger partial charge in [0.1, 0.15) is 0 Å². The molecule has 0 spiro atoms. The van der Waals surface area contributed by atoms with Crippen LogP contribution in [0.3, 0.4) is 0 Å². The van der Waals surface area contributed by atoms with Gasteiger partial charge in [0.25, 0.3) is 0 Å². The number of fused-ring (bicyclic) bond motifs is 1. The van der Waals surface area contributed by atoms with Gasteiger partial charge in [-0.15, -0.1) is 0 Å². The van der Waals surface area contributed by atoms with Crippen LogP contribution in [0, 0.1) is 5.92 Å². The molecule has 1 unspecified atom stereocenters. The van der Waals surface area contributed by atoms with E-state index in [-0.39, 0.29) is 5.92 Å². The maximum absolute atomic E-state index is 12.1. The summed E-state index contributed by atoms with van der Waals surface area (Å²) >= 11 is 6.01. The third-order valence-corrected chi connectivity index (χ3v) is 5.13. The van der Waals surface area contributed by atoms with Crippen LogP contribution in [-0.2, 0) is 16.7 Å². The van der Waals surface area contributed by atoms with Crippen LogP contribution in [0.15, 0.2) is 27.4 Å². The molecule has 0 bridgehead atoms. The zero-order valence-corrected chi connectivity index (χ0v) is 14.9. The summed E-state index contributed by atoms with van der Waals surface area (Å²) in [6.07, 6.45) is 3.09. The summed E-state index contributed by atoms with van der Waals surface area (Å²) in [6.45, 7) is 2.40. The van der Waals surface area contributed by atoms with Crippen molar-refractivity contribution in [3.63, 3.8) is 0 Å². The predicted molar refractivity (Wildman–Crippen MR) is 92.6 cm³/mol. The first kappa shape index (κ1) is 17.5. The Balaban J connectivity index is 1.73. The van der Waals surface area contributed by atoms with Gasteiger partial charge in [-0.25, -0.2) is 17.9 Å². The molecule has 2 aromatic rings. The second-order valence-electron chi connectivity index (χ2n) is 6.26. The Morgan fingerprint density at radius 1 is 1.42 bits per heavy atom. The Morgan fingerprint density at radius 2 is 2.21 bits per heavy atom. The van der Waals surface area contributed by atoms with Crippen LogP contribution in [0.2, 0.25) is 5.02 Å². The SMILES string of the molecule is CS(=O)(=O)NCC1CCCN(Cn2c(=O)oc3ccc(Cl)cc32)C1. The van der Waals surface area contributed by atoms with E-state index in [2.05, 4.69) is 9.62 Å². The fourth-order valence-electron chi connectivity index (χ4n) is 3.08. The lowest BCUT2D eigenvalue weighted by atomic mass is 9.99. The summed E-state index contributed by atoms with van der Waals surface area (Å²) in [5.74, 6) is -0.186. The second kappa shape index (κ2) is 6.87. The lowest BCUT2D eigenvalue weighted by Crippen LogP contribution is -2.42. The molecule has 0 amide bonds. The van der Waals surface area contributed by atoms with Gasteiger partial charge < -0.3 is 4.42 Å². The molecule has 9 heteroatoms. The Hall–Kier alpha value is -1.35. The average molecular weight is 374 g/mol. The average Bonchev–Trinajstić information content (AvgIpc) is 2.81. The van der Waals surface area contributed by atoms with E-state index in [0.717, 1.165) is 32.2 Å². The van der Waals surface area contributed by atoms with Crippen LogP contribution in [0.25, 0.3) is 11.1 Å². The van der Waals surface area contributed by atoms with Gasteiger partial charge in [0.2, 0.25) is 10.0 Å². The van der Waals surface area contributed by atoms with Crippen LogP contribution < -0.4 is 10.5 Å². The summed E-state index contributed by atoms with van der Waals surface area (Å²) in [4.78, 5) is 14.2. The van der Waals surface area contributed by atoms with E-state index in [0.29, 0.717) is 29.3 Å². The number of nitrogens with one attached hydrogen (secondary N) is 1. The van der Waals surface area contributed by atoms with Gasteiger partial charge in [0, 0.05) is 18.1 Å². The highest BCUT2D eigenvalue weighted by Crippen LogP contribution is 2.21. The molecule has 24 heavy (non-hydrogen) atoms. The van der Waals surface area contributed by atoms with E-state index >= 15 is 0 Å². The third-order valence-electron chi connectivity index (χ3n) is 4.21. The first-order chi connectivity index (χ1) is 11.3. The van der Waals surface area contributed by atoms with Crippen LogP contribution in [-0.4, -0.2) is 43.8 Å². The number of benzene rings is 1. The number of halogens is 1. The largest absolute Gasteiger partial charge is 0.421 e. The van der Waals surface area contributed by atoms with E-state index < -0.39 is 15.8 Å². The van der Waals surface area contributed by atoms with Crippen LogP contribution in [0.4, 0.5) is 0 Å². The van der Waals surface area contributed by atoms with Crippen LogP contribution in [0.1, 0.15) is 12.8 Å². The van der Waals surface area contributed by atoms with E-state index in [4.69, 9.17) is 16.0 Å². The fraction of sp³-hybridized carbons (Fsp3) is 0.533. The minimum atomic E-state index is -3.18. The van der Waals surface area contributed by atoms with E-state index in [1.54, 1.807) is 22.8 Å². The van der Waals surface area contributed by atoms with Crippen molar-refractivity contribution in [1.82, 2.24) is 14.2 Å². The molecule has 1 atom stereocenters. The molecule has 3 rings (SSSR count). The third kappa shape index (κ3) is 4.18. The Bertz CT molecular complexity index is 890. The molecule has 2 heterocycles. The van der Waals surface area contributed by atoms with Gasteiger partial charge in [0.15, 0.2) is 5.58 Å². The minimum Gasteiger partial charge on any atom is -0.408 e. The van der Waals surface area contributed by atoms with Gasteiger partial charge in [-0.05, 0) is 43.5 Å². The highest BCUT2D eigenvalue weighted by Gasteiger charge is 2.22. The first-order valence-corrected chi connectivity index (χ1v) is 10.0. The number of nitrogens with zero attached hydrogens (tertiary/aromatic N) is 2. The Labute approximate surface area is 145 Å². The van der Waals surface area contributed by atoms with Gasteiger partial charge in [-0.1, -0.05) is 11.6 Å². The van der Waals surface area contributed by atoms with E-state index in [1.807, 2.05) is 0 Å². The molecule has 1 aliphatic heterocycles. The quantitative estimate of drug-likeness (QED) is 0.857. The smallest absolute Gasteiger partial charge is 0.408 e. The normalized spacial score (nSPS) is 19.8. The van der Waals surface area contributed by atoms with Crippen molar-refractivity contribution in [3.8, 4) is 0 Å². The standard InChI is InChI=1S/C15H20ClN3O4S/c1-24(21,22)17-8-11-3-2-6-18(9-11)10-19-13-7-12(16)4-5-14(13)23-15(19)20/h4-5,7,11,17H,2-3,6,8-10H2,1H3. The molecular formula is C15H20ClN3O4S. The number of sulfonamides is 1. The molecule has 1 aliphatic rings. The van der Waals surface area contributed by atoms with Crippen molar-refractivity contribution in [3.05, 3.63) is 33.8 Å². The summed E-state index contributed by atoms with van der Waals surface area (Å²) < 4.78 is 31.8. The zero-order valence-electron chi connectivity index (χ0n) is 13.4. The summed E-state index contributed by atoms with van der Waals surface area (Å²) in [5, 5.41) is 0.547. The summed E-state index contributed by atoms with van der Waals surface area (Å²) in [6, 6.07) is 5.09. The van der Waals surface area contributed by atoms with Gasteiger partial charge >= 0.3 is 5.76 Å². The van der Waals surface area contributed by atoms with Crippen LogP contribution >= 0.6 is 11.6 Å². The zero-order chi connectivity index (χ0) is 17.3. The molecule has 7 nitrogen and oxygen atoms in total. The van der Waals surface area contributed by atoms with Crippen molar-refractivity contribution < 1.29 is 12.8 Å². The van der Waals surface area contributed by atoms with E-state index in [1.165, 1.54) is 0 Å². The maximum atomic E-state index is 12.1. The minimum absolute atomic E-state index is 0.228. The number of oxazole rings is 1. The predicted octanol–water partition coefficient (Wildman–Crippen LogP) is 1.47. The number of piperidine rings is 1. The topological polar surface area (TPSA) is 84.5 Å². The Morgan fingerprint density at radius 3 is 2.96 bits per heavy atom. The monoisotopic (exact) mass is 373 g/mol. The molecule has 0 aliphatic carbocycles. The lowest BCUT2D eigenvalue weighted by Gasteiger charge is -2.32. The number of rotatable bonds is 5.